The largest absolute Gasteiger partial charge is 0.419 e. The van der Waals surface area contributed by atoms with Crippen molar-refractivity contribution in [2.45, 2.75) is 18.0 Å². The number of anilines is 1. The van der Waals surface area contributed by atoms with Gasteiger partial charge in [-0.1, -0.05) is 0 Å². The van der Waals surface area contributed by atoms with Crippen LogP contribution in [0.3, 0.4) is 0 Å². The van der Waals surface area contributed by atoms with Gasteiger partial charge in [-0.3, -0.25) is 0 Å². The molecule has 1 rings (SSSR count). The van der Waals surface area contributed by atoms with Gasteiger partial charge in [-0.25, -0.2) is 18.1 Å². The number of hydrogen-bond acceptors (Lipinski definition) is 5. The van der Waals surface area contributed by atoms with Crippen LogP contribution in [-0.2, 0) is 20.9 Å². The molecule has 0 aromatic carbocycles. The summed E-state index contributed by atoms with van der Waals surface area (Å²) in [7, 11) is -2.69. The van der Waals surface area contributed by atoms with Crippen molar-refractivity contribution in [1.82, 2.24) is 9.71 Å². The van der Waals surface area contributed by atoms with E-state index in [2.05, 4.69) is 19.8 Å². The number of rotatable bonds is 7. The van der Waals surface area contributed by atoms with Crippen LogP contribution in [0.4, 0.5) is 19.0 Å². The minimum atomic E-state index is -4.71. The molecule has 1 aromatic rings. The standard InChI is InChI=1S/C11H16F3N3O3S/c1-3-15-10-9(11(12,13)14)6-8(7-16-10)21(18,19)17-4-5-20-2/h6-7,17H,3-5H2,1-2H3,(H,15,16). The van der Waals surface area contributed by atoms with Gasteiger partial charge in [0.1, 0.15) is 10.7 Å². The molecule has 0 saturated heterocycles. The summed E-state index contributed by atoms with van der Waals surface area (Å²) in [6.07, 6.45) is -3.83. The van der Waals surface area contributed by atoms with Crippen LogP contribution in [0.25, 0.3) is 0 Å². The Balaban J connectivity index is 3.16. The van der Waals surface area contributed by atoms with Crippen LogP contribution in [0.2, 0.25) is 0 Å². The minimum Gasteiger partial charge on any atom is -0.383 e. The molecule has 0 atom stereocenters. The molecule has 0 bridgehead atoms. The van der Waals surface area contributed by atoms with E-state index in [1.54, 1.807) is 6.92 Å². The van der Waals surface area contributed by atoms with E-state index in [0.29, 0.717) is 6.07 Å². The highest BCUT2D eigenvalue weighted by atomic mass is 32.2. The molecule has 0 aliphatic carbocycles. The summed E-state index contributed by atoms with van der Waals surface area (Å²) < 4.78 is 69.3. The highest BCUT2D eigenvalue weighted by Gasteiger charge is 2.35. The third-order valence-electron chi connectivity index (χ3n) is 2.42. The SMILES string of the molecule is CCNc1ncc(S(=O)(=O)NCCOC)cc1C(F)(F)F. The predicted molar refractivity (Wildman–Crippen MR) is 70.5 cm³/mol. The number of methoxy groups -OCH3 is 1. The highest BCUT2D eigenvalue weighted by molar-refractivity contribution is 7.89. The molecule has 0 amide bonds. The molecule has 0 radical (unpaired) electrons. The summed E-state index contributed by atoms with van der Waals surface area (Å²) in [5.41, 5.74) is -1.13. The number of alkyl halides is 3. The highest BCUT2D eigenvalue weighted by Crippen LogP contribution is 2.34. The molecule has 120 valence electrons. The number of sulfonamides is 1. The first-order valence-electron chi connectivity index (χ1n) is 6.02. The van der Waals surface area contributed by atoms with Crippen LogP contribution in [0.5, 0.6) is 0 Å². The van der Waals surface area contributed by atoms with Crippen LogP contribution < -0.4 is 10.0 Å². The van der Waals surface area contributed by atoms with Gasteiger partial charge in [-0.05, 0) is 13.0 Å². The van der Waals surface area contributed by atoms with Crippen LogP contribution in [0.15, 0.2) is 17.2 Å². The van der Waals surface area contributed by atoms with Gasteiger partial charge in [-0.15, -0.1) is 0 Å². The summed E-state index contributed by atoms with van der Waals surface area (Å²) in [5.74, 6) is -0.402. The molecule has 0 spiro atoms. The maximum atomic E-state index is 12.9. The Bertz CT molecular complexity index is 576. The van der Waals surface area contributed by atoms with E-state index < -0.39 is 32.5 Å². The summed E-state index contributed by atoms with van der Waals surface area (Å²) in [4.78, 5) is 3.00. The Labute approximate surface area is 120 Å². The second-order valence-electron chi connectivity index (χ2n) is 3.99. The number of nitrogens with one attached hydrogen (secondary N) is 2. The number of hydrogen-bond donors (Lipinski definition) is 2. The lowest BCUT2D eigenvalue weighted by Gasteiger charge is -2.14. The lowest BCUT2D eigenvalue weighted by molar-refractivity contribution is -0.137. The van der Waals surface area contributed by atoms with Crippen LogP contribution in [0, 0.1) is 0 Å². The van der Waals surface area contributed by atoms with E-state index in [4.69, 9.17) is 0 Å². The smallest absolute Gasteiger partial charge is 0.383 e. The van der Waals surface area contributed by atoms with Gasteiger partial charge in [0.2, 0.25) is 10.0 Å². The zero-order valence-electron chi connectivity index (χ0n) is 11.5. The summed E-state index contributed by atoms with van der Waals surface area (Å²) in [6, 6.07) is 0.556. The fourth-order valence-electron chi connectivity index (χ4n) is 1.48. The molecule has 0 fully saturated rings. The van der Waals surface area contributed by atoms with Crippen molar-refractivity contribution in [3.05, 3.63) is 17.8 Å². The van der Waals surface area contributed by atoms with Gasteiger partial charge in [0.15, 0.2) is 0 Å². The van der Waals surface area contributed by atoms with Crippen molar-refractivity contribution >= 4 is 15.8 Å². The lowest BCUT2D eigenvalue weighted by Crippen LogP contribution is -2.27. The fourth-order valence-corrected chi connectivity index (χ4v) is 2.46. The molecule has 1 aromatic heterocycles. The molecule has 1 heterocycles. The van der Waals surface area contributed by atoms with Gasteiger partial charge in [0.25, 0.3) is 0 Å². The zero-order chi connectivity index (χ0) is 16.1. The monoisotopic (exact) mass is 327 g/mol. The third kappa shape index (κ3) is 4.83. The first-order chi connectivity index (χ1) is 9.72. The average Bonchev–Trinajstić information content (AvgIpc) is 2.38. The molecule has 0 aliphatic rings. The van der Waals surface area contributed by atoms with Crippen molar-refractivity contribution < 1.29 is 26.3 Å². The maximum absolute atomic E-state index is 12.9. The summed E-state index contributed by atoms with van der Waals surface area (Å²) >= 11 is 0. The Morgan fingerprint density at radius 2 is 2.05 bits per heavy atom. The van der Waals surface area contributed by atoms with E-state index >= 15 is 0 Å². The third-order valence-corrected chi connectivity index (χ3v) is 3.85. The normalized spacial score (nSPS) is 12.4. The quantitative estimate of drug-likeness (QED) is 0.741. The Morgan fingerprint density at radius 1 is 1.38 bits per heavy atom. The van der Waals surface area contributed by atoms with Crippen molar-refractivity contribution in [1.29, 1.82) is 0 Å². The number of pyridine rings is 1. The number of aromatic nitrogens is 1. The van der Waals surface area contributed by atoms with Crippen LogP contribution >= 0.6 is 0 Å². The molecule has 21 heavy (non-hydrogen) atoms. The second kappa shape index (κ2) is 7.05. The summed E-state index contributed by atoms with van der Waals surface area (Å²) in [5, 5.41) is 2.45. The van der Waals surface area contributed by atoms with Crippen molar-refractivity contribution in [3.8, 4) is 0 Å². The fraction of sp³-hybridized carbons (Fsp3) is 0.545. The molecule has 0 saturated carbocycles. The molecular weight excluding hydrogens is 311 g/mol. The van der Waals surface area contributed by atoms with E-state index in [0.717, 1.165) is 6.20 Å². The van der Waals surface area contributed by atoms with Gasteiger partial charge < -0.3 is 10.1 Å². The van der Waals surface area contributed by atoms with Crippen LogP contribution in [0.1, 0.15) is 12.5 Å². The van der Waals surface area contributed by atoms with E-state index in [-0.39, 0.29) is 19.7 Å². The van der Waals surface area contributed by atoms with Gasteiger partial charge in [0.05, 0.1) is 12.2 Å². The topological polar surface area (TPSA) is 80.3 Å². The number of ether oxygens (including phenoxy) is 1. The van der Waals surface area contributed by atoms with Gasteiger partial charge >= 0.3 is 6.18 Å². The second-order valence-corrected chi connectivity index (χ2v) is 5.75. The zero-order valence-corrected chi connectivity index (χ0v) is 12.3. The molecule has 10 heteroatoms. The van der Waals surface area contributed by atoms with E-state index in [1.165, 1.54) is 7.11 Å². The van der Waals surface area contributed by atoms with Gasteiger partial charge in [0, 0.05) is 26.4 Å². The first kappa shape index (κ1) is 17.7. The van der Waals surface area contributed by atoms with Gasteiger partial charge in [-0.2, -0.15) is 13.2 Å². The van der Waals surface area contributed by atoms with Crippen molar-refractivity contribution in [2.24, 2.45) is 0 Å². The Morgan fingerprint density at radius 3 is 2.57 bits per heavy atom. The molecule has 2 N–H and O–H groups in total. The number of halogens is 3. The molecule has 0 unspecified atom stereocenters. The summed E-state index contributed by atoms with van der Waals surface area (Å²) in [6.45, 7) is 1.90. The predicted octanol–water partition coefficient (Wildman–Crippen LogP) is 1.46. The minimum absolute atomic E-state index is 0.0465. The molecule has 0 aliphatic heterocycles. The Kier molecular flexibility index (Phi) is 5.93. The van der Waals surface area contributed by atoms with Crippen molar-refractivity contribution in [3.63, 3.8) is 0 Å². The molecule has 6 nitrogen and oxygen atoms in total. The molecular formula is C11H16F3N3O3S. The van der Waals surface area contributed by atoms with Crippen molar-refractivity contribution in [2.75, 3.05) is 32.1 Å². The average molecular weight is 327 g/mol. The first-order valence-corrected chi connectivity index (χ1v) is 7.50. The Hall–Kier alpha value is -1.39. The maximum Gasteiger partial charge on any atom is 0.419 e. The van der Waals surface area contributed by atoms with Crippen LogP contribution in [-0.4, -0.2) is 40.2 Å². The lowest BCUT2D eigenvalue weighted by atomic mass is 10.2. The number of nitrogens with zero attached hydrogens (tertiary/aromatic N) is 1. The van der Waals surface area contributed by atoms with E-state index in [1.807, 2.05) is 0 Å². The van der Waals surface area contributed by atoms with E-state index in [9.17, 15) is 21.6 Å².